The van der Waals surface area contributed by atoms with Gasteiger partial charge in [-0.1, -0.05) is 13.3 Å². The molecule has 0 saturated heterocycles. The molecule has 2 N–H and O–H groups in total. The fourth-order valence-electron chi connectivity index (χ4n) is 7.66. The van der Waals surface area contributed by atoms with Crippen LogP contribution in [0.25, 0.3) is 0 Å². The van der Waals surface area contributed by atoms with Gasteiger partial charge in [0.15, 0.2) is 0 Å². The van der Waals surface area contributed by atoms with E-state index >= 15 is 0 Å². The maximum atomic E-state index is 13.3. The number of carboxylic acid groups (broad SMARTS) is 1. The van der Waals surface area contributed by atoms with Crippen molar-refractivity contribution in [2.45, 2.75) is 65.2 Å². The van der Waals surface area contributed by atoms with E-state index in [-0.39, 0.29) is 29.3 Å². The summed E-state index contributed by atoms with van der Waals surface area (Å²) < 4.78 is 0. The second kappa shape index (κ2) is 5.06. The van der Waals surface area contributed by atoms with Crippen LogP contribution in [-0.4, -0.2) is 28.6 Å². The molecule has 1 spiro atoms. The highest BCUT2D eigenvalue weighted by Gasteiger charge is 2.68. The summed E-state index contributed by atoms with van der Waals surface area (Å²) in [5.41, 5.74) is -1.08. The largest absolute Gasteiger partial charge is 0.481 e. The summed E-state index contributed by atoms with van der Waals surface area (Å²) in [6.45, 7) is 4.35. The molecule has 4 fully saturated rings. The number of carbonyl (C=O) groups excluding carboxylic acids is 1. The predicted octanol–water partition coefficient (Wildman–Crippen LogP) is 3.27. The summed E-state index contributed by atoms with van der Waals surface area (Å²) in [4.78, 5) is 25.4. The average molecular weight is 334 g/mol. The number of rotatable bonds is 2. The molecule has 7 atom stereocenters. The zero-order valence-corrected chi connectivity index (χ0v) is 14.9. The van der Waals surface area contributed by atoms with Crippen molar-refractivity contribution >= 4 is 11.8 Å². The van der Waals surface area contributed by atoms with Crippen molar-refractivity contribution in [2.24, 2.45) is 39.9 Å². The van der Waals surface area contributed by atoms with Gasteiger partial charge in [-0.2, -0.15) is 0 Å². The lowest BCUT2D eigenvalue weighted by atomic mass is 9.40. The number of hydrogen-bond acceptors (Lipinski definition) is 3. The van der Waals surface area contributed by atoms with Gasteiger partial charge < -0.3 is 10.2 Å². The summed E-state index contributed by atoms with van der Waals surface area (Å²) >= 11 is 0. The van der Waals surface area contributed by atoms with Crippen LogP contribution in [0, 0.1) is 39.9 Å². The number of ketones is 1. The maximum absolute atomic E-state index is 13.3. The minimum absolute atomic E-state index is 0.0379. The highest BCUT2D eigenvalue weighted by atomic mass is 16.4. The molecule has 4 rings (SSSR count). The molecular weight excluding hydrogens is 304 g/mol. The Balaban J connectivity index is 1.77. The van der Waals surface area contributed by atoms with Crippen molar-refractivity contribution in [3.63, 3.8) is 0 Å². The Hall–Kier alpha value is -0.900. The van der Waals surface area contributed by atoms with Gasteiger partial charge in [0.2, 0.25) is 0 Å². The smallest absolute Gasteiger partial charge is 0.309 e. The quantitative estimate of drug-likeness (QED) is 0.813. The summed E-state index contributed by atoms with van der Waals surface area (Å²) in [7, 11) is 0. The fourth-order valence-corrected chi connectivity index (χ4v) is 7.66. The second-order valence-electron chi connectivity index (χ2n) is 9.66. The Morgan fingerprint density at radius 1 is 1.17 bits per heavy atom. The van der Waals surface area contributed by atoms with E-state index in [1.54, 1.807) is 0 Å². The lowest BCUT2D eigenvalue weighted by molar-refractivity contribution is -0.184. The van der Waals surface area contributed by atoms with Gasteiger partial charge in [0, 0.05) is 18.4 Å². The first-order chi connectivity index (χ1) is 11.3. The average Bonchev–Trinajstić information content (AvgIpc) is 2.82. The molecule has 0 radical (unpaired) electrons. The van der Waals surface area contributed by atoms with Gasteiger partial charge in [-0.15, -0.1) is 0 Å². The standard InChI is InChI=1S/C20H30O4/c1-18-6-3-7-19(2,17(23)24)15(18)8-16(22)20-9-12(4-5-14(18)20)13(10-20)11-21/h12-15,21H,3-11H2,1-2H3,(H,23,24)/t12-,13+,14+,15+,18+,19-,20-/m1/s1. The van der Waals surface area contributed by atoms with Crippen LogP contribution in [0.4, 0.5) is 0 Å². The first kappa shape index (κ1) is 16.6. The molecule has 0 aromatic carbocycles. The van der Waals surface area contributed by atoms with Crippen molar-refractivity contribution in [1.82, 2.24) is 0 Å². The van der Waals surface area contributed by atoms with E-state index in [1.807, 2.05) is 6.92 Å². The molecule has 0 aliphatic heterocycles. The maximum Gasteiger partial charge on any atom is 0.309 e. The van der Waals surface area contributed by atoms with Gasteiger partial charge in [-0.3, -0.25) is 9.59 Å². The fraction of sp³-hybridized carbons (Fsp3) is 0.900. The molecule has 4 nitrogen and oxygen atoms in total. The zero-order valence-electron chi connectivity index (χ0n) is 14.9. The molecular formula is C20H30O4. The molecule has 4 heteroatoms. The van der Waals surface area contributed by atoms with Crippen molar-refractivity contribution in [1.29, 1.82) is 0 Å². The minimum atomic E-state index is -0.768. The summed E-state index contributed by atoms with van der Waals surface area (Å²) in [5, 5.41) is 19.6. The monoisotopic (exact) mass is 334 g/mol. The van der Waals surface area contributed by atoms with Crippen LogP contribution < -0.4 is 0 Å². The van der Waals surface area contributed by atoms with Crippen molar-refractivity contribution in [2.75, 3.05) is 6.61 Å². The van der Waals surface area contributed by atoms with E-state index < -0.39 is 11.4 Å². The van der Waals surface area contributed by atoms with Gasteiger partial charge in [-0.25, -0.2) is 0 Å². The highest BCUT2D eigenvalue weighted by Crippen LogP contribution is 2.71. The lowest BCUT2D eigenvalue weighted by Crippen LogP contribution is -2.61. The number of carboxylic acids is 1. The van der Waals surface area contributed by atoms with E-state index in [4.69, 9.17) is 0 Å². The van der Waals surface area contributed by atoms with Crippen LogP contribution in [0.2, 0.25) is 0 Å². The predicted molar refractivity (Wildman–Crippen MR) is 89.3 cm³/mol. The molecule has 24 heavy (non-hydrogen) atoms. The number of Topliss-reactive ketones (excluding diaryl/α,β-unsaturated/α-hetero) is 1. The number of aliphatic hydroxyl groups excluding tert-OH is 1. The number of aliphatic hydroxyl groups is 1. The second-order valence-corrected chi connectivity index (χ2v) is 9.66. The van der Waals surface area contributed by atoms with Crippen LogP contribution in [0.15, 0.2) is 0 Å². The van der Waals surface area contributed by atoms with Crippen LogP contribution in [0.5, 0.6) is 0 Å². The van der Waals surface area contributed by atoms with Gasteiger partial charge in [0.25, 0.3) is 0 Å². The lowest BCUT2D eigenvalue weighted by Gasteiger charge is -2.62. The molecule has 0 aromatic heterocycles. The van der Waals surface area contributed by atoms with Gasteiger partial charge in [0.1, 0.15) is 5.78 Å². The molecule has 0 unspecified atom stereocenters. The zero-order chi connectivity index (χ0) is 17.3. The third-order valence-electron chi connectivity index (χ3n) is 8.85. The van der Waals surface area contributed by atoms with E-state index in [0.29, 0.717) is 30.5 Å². The molecule has 134 valence electrons. The number of fused-ring (bicyclic) bond motifs is 3. The Bertz CT molecular complexity index is 586. The van der Waals surface area contributed by atoms with Gasteiger partial charge in [0.05, 0.1) is 5.41 Å². The summed E-state index contributed by atoms with van der Waals surface area (Å²) in [5.74, 6) is 0.617. The topological polar surface area (TPSA) is 74.6 Å². The van der Waals surface area contributed by atoms with E-state index in [1.165, 1.54) is 0 Å². The SMILES string of the molecule is C[C@@]12CCC[C@@](C)(C(=O)O)[C@H]1CC(=O)[C@]13C[C@@H](CO)[C@H](CC[C@H]12)C3. The van der Waals surface area contributed by atoms with E-state index in [2.05, 4.69) is 6.92 Å². The number of carbonyl (C=O) groups is 2. The first-order valence-corrected chi connectivity index (χ1v) is 9.65. The van der Waals surface area contributed by atoms with Crippen LogP contribution in [0.3, 0.4) is 0 Å². The third kappa shape index (κ3) is 1.84. The Kier molecular flexibility index (Phi) is 3.49. The Labute approximate surface area is 144 Å². The van der Waals surface area contributed by atoms with E-state index in [9.17, 15) is 19.8 Å². The molecule has 4 aliphatic rings. The van der Waals surface area contributed by atoms with Crippen molar-refractivity contribution in [3.05, 3.63) is 0 Å². The Morgan fingerprint density at radius 2 is 1.92 bits per heavy atom. The number of hydrogen-bond donors (Lipinski definition) is 2. The minimum Gasteiger partial charge on any atom is -0.481 e. The molecule has 4 aliphatic carbocycles. The number of aliphatic carboxylic acids is 1. The molecule has 4 saturated carbocycles. The van der Waals surface area contributed by atoms with Crippen molar-refractivity contribution < 1.29 is 19.8 Å². The highest BCUT2D eigenvalue weighted by molar-refractivity contribution is 5.88. The van der Waals surface area contributed by atoms with E-state index in [0.717, 1.165) is 38.5 Å². The molecule has 0 aromatic rings. The van der Waals surface area contributed by atoms with Crippen LogP contribution in [0.1, 0.15) is 65.2 Å². The third-order valence-corrected chi connectivity index (χ3v) is 8.85. The molecule has 2 bridgehead atoms. The van der Waals surface area contributed by atoms with Gasteiger partial charge >= 0.3 is 5.97 Å². The van der Waals surface area contributed by atoms with Crippen LogP contribution >= 0.6 is 0 Å². The normalized spacial score (nSPS) is 53.4. The van der Waals surface area contributed by atoms with Crippen molar-refractivity contribution in [3.8, 4) is 0 Å². The van der Waals surface area contributed by atoms with Crippen LogP contribution in [-0.2, 0) is 9.59 Å². The molecule has 0 amide bonds. The summed E-state index contributed by atoms with van der Waals surface area (Å²) in [6, 6.07) is 0. The Morgan fingerprint density at radius 3 is 2.58 bits per heavy atom. The summed E-state index contributed by atoms with van der Waals surface area (Å²) in [6.07, 6.45) is 7.03. The first-order valence-electron chi connectivity index (χ1n) is 9.65. The van der Waals surface area contributed by atoms with Gasteiger partial charge in [-0.05, 0) is 74.5 Å². The molecule has 0 heterocycles.